The molecule has 2 atom stereocenters. The van der Waals surface area contributed by atoms with Crippen LogP contribution >= 0.6 is 0 Å². The lowest BCUT2D eigenvalue weighted by atomic mass is 9.85. The molecule has 0 N–H and O–H groups in total. The number of rotatable bonds is 17. The van der Waals surface area contributed by atoms with Gasteiger partial charge in [-0.1, -0.05) is 78.1 Å². The molecule has 0 aliphatic heterocycles. The molecule has 0 saturated heterocycles. The average molecular weight is 521 g/mol. The molecular formula is C30H43F3N2O2. The first-order valence-electron chi connectivity index (χ1n) is 14.2. The van der Waals surface area contributed by atoms with E-state index >= 15 is 0 Å². The molecule has 1 aliphatic rings. The Labute approximate surface area is 220 Å². The van der Waals surface area contributed by atoms with Crippen LogP contribution in [0.5, 0.6) is 11.5 Å². The van der Waals surface area contributed by atoms with E-state index in [1.54, 1.807) is 0 Å². The standard InChI is InChI=1S/C30H43F3N2O2/c1-3-5-6-7-15-24(31)21-37-27-17-16-26(28(32)29(27)33)30-34-19-25(20-35-30)36-18-11-10-12-22(4-2)23-13-8-9-14-23/h16-17,19-20,22-24H,3-15,18,21H2,1-2H3/t22?,24-/m1/s1. The Balaban J connectivity index is 1.44. The number of hydrogen-bond acceptors (Lipinski definition) is 4. The maximum atomic E-state index is 14.7. The van der Waals surface area contributed by atoms with E-state index in [1.807, 2.05) is 0 Å². The fraction of sp³-hybridized carbons (Fsp3) is 0.667. The highest BCUT2D eigenvalue weighted by Gasteiger charge is 2.23. The van der Waals surface area contributed by atoms with Gasteiger partial charge in [0.25, 0.3) is 0 Å². The van der Waals surface area contributed by atoms with Crippen LogP contribution in [0.3, 0.4) is 0 Å². The van der Waals surface area contributed by atoms with Crippen molar-refractivity contribution < 1.29 is 22.6 Å². The lowest BCUT2D eigenvalue weighted by Crippen LogP contribution is -2.14. The summed E-state index contributed by atoms with van der Waals surface area (Å²) in [5.41, 5.74) is -0.0784. The lowest BCUT2D eigenvalue weighted by Gasteiger charge is -2.21. The predicted octanol–water partition coefficient (Wildman–Crippen LogP) is 8.87. The molecule has 1 heterocycles. The van der Waals surface area contributed by atoms with Crippen molar-refractivity contribution in [3.05, 3.63) is 36.2 Å². The molecule has 4 nitrogen and oxygen atoms in total. The van der Waals surface area contributed by atoms with Crippen LogP contribution in [0.2, 0.25) is 0 Å². The number of nitrogens with zero attached hydrogens (tertiary/aromatic N) is 2. The van der Waals surface area contributed by atoms with E-state index in [0.29, 0.717) is 18.8 Å². The third kappa shape index (κ3) is 9.19. The second-order valence-electron chi connectivity index (χ2n) is 10.3. The normalized spacial score (nSPS) is 15.6. The van der Waals surface area contributed by atoms with E-state index in [2.05, 4.69) is 23.8 Å². The monoisotopic (exact) mass is 520 g/mol. The van der Waals surface area contributed by atoms with Gasteiger partial charge in [0.05, 0.1) is 24.6 Å². The largest absolute Gasteiger partial charge is 0.490 e. The molecule has 1 unspecified atom stereocenters. The van der Waals surface area contributed by atoms with Gasteiger partial charge in [-0.15, -0.1) is 0 Å². The van der Waals surface area contributed by atoms with Crippen molar-refractivity contribution in [2.75, 3.05) is 13.2 Å². The molecular weight excluding hydrogens is 477 g/mol. The van der Waals surface area contributed by atoms with Crippen LogP contribution in [-0.4, -0.2) is 29.4 Å². The zero-order chi connectivity index (χ0) is 26.5. The summed E-state index contributed by atoms with van der Waals surface area (Å²) < 4.78 is 54.2. The van der Waals surface area contributed by atoms with Crippen LogP contribution in [-0.2, 0) is 0 Å². The zero-order valence-electron chi connectivity index (χ0n) is 22.5. The Bertz CT molecular complexity index is 920. The van der Waals surface area contributed by atoms with Crippen molar-refractivity contribution >= 4 is 0 Å². The second kappa shape index (κ2) is 15.8. The molecule has 0 amide bonds. The van der Waals surface area contributed by atoms with E-state index in [4.69, 9.17) is 9.47 Å². The van der Waals surface area contributed by atoms with Gasteiger partial charge < -0.3 is 9.47 Å². The number of alkyl halides is 1. The van der Waals surface area contributed by atoms with Crippen molar-refractivity contribution in [2.45, 2.75) is 103 Å². The van der Waals surface area contributed by atoms with Gasteiger partial charge in [-0.2, -0.15) is 4.39 Å². The van der Waals surface area contributed by atoms with Gasteiger partial charge in [-0.3, -0.25) is 0 Å². The SMILES string of the molecule is CCCCCC[C@@H](F)COc1ccc(-c2ncc(OCCCCC(CC)C3CCCC3)cn2)c(F)c1F. The summed E-state index contributed by atoms with van der Waals surface area (Å²) in [6.45, 7) is 4.66. The number of unbranched alkanes of at least 4 members (excludes halogenated alkanes) is 4. The van der Waals surface area contributed by atoms with E-state index in [-0.39, 0.29) is 23.7 Å². The van der Waals surface area contributed by atoms with Crippen molar-refractivity contribution in [3.8, 4) is 22.9 Å². The third-order valence-corrected chi connectivity index (χ3v) is 7.54. The Morgan fingerprint density at radius 2 is 1.62 bits per heavy atom. The quantitative estimate of drug-likeness (QED) is 0.195. The number of hydrogen-bond donors (Lipinski definition) is 0. The Morgan fingerprint density at radius 1 is 0.892 bits per heavy atom. The summed E-state index contributed by atoms with van der Waals surface area (Å²) in [5, 5.41) is 0. The molecule has 0 bridgehead atoms. The van der Waals surface area contributed by atoms with Gasteiger partial charge in [0.1, 0.15) is 12.8 Å². The number of benzene rings is 1. The van der Waals surface area contributed by atoms with Gasteiger partial charge in [-0.05, 0) is 43.2 Å². The van der Waals surface area contributed by atoms with Gasteiger partial charge in [-0.25, -0.2) is 18.7 Å². The first-order valence-corrected chi connectivity index (χ1v) is 14.2. The first-order chi connectivity index (χ1) is 18.0. The summed E-state index contributed by atoms with van der Waals surface area (Å²) >= 11 is 0. The van der Waals surface area contributed by atoms with Crippen LogP contribution in [0.4, 0.5) is 13.2 Å². The minimum Gasteiger partial charge on any atom is -0.490 e. The van der Waals surface area contributed by atoms with E-state index in [1.165, 1.54) is 63.1 Å². The third-order valence-electron chi connectivity index (χ3n) is 7.54. The fourth-order valence-corrected chi connectivity index (χ4v) is 5.30. The molecule has 1 aliphatic carbocycles. The first kappa shape index (κ1) is 29.2. The van der Waals surface area contributed by atoms with Gasteiger partial charge >= 0.3 is 0 Å². The fourth-order valence-electron chi connectivity index (χ4n) is 5.30. The van der Waals surface area contributed by atoms with Crippen LogP contribution in [0.15, 0.2) is 24.5 Å². The Kier molecular flexibility index (Phi) is 12.5. The number of halogens is 3. The summed E-state index contributed by atoms with van der Waals surface area (Å²) in [6.07, 6.45) is 16.1. The van der Waals surface area contributed by atoms with Crippen molar-refractivity contribution in [3.63, 3.8) is 0 Å². The highest BCUT2D eigenvalue weighted by molar-refractivity contribution is 5.57. The highest BCUT2D eigenvalue weighted by Crippen LogP contribution is 2.35. The minimum atomic E-state index is -1.21. The molecule has 1 fully saturated rings. The maximum absolute atomic E-state index is 14.7. The van der Waals surface area contributed by atoms with Crippen LogP contribution in [0, 0.1) is 23.5 Å². The molecule has 0 radical (unpaired) electrons. The Hall–Kier alpha value is -2.31. The smallest absolute Gasteiger partial charge is 0.201 e. The van der Waals surface area contributed by atoms with Crippen LogP contribution in [0.25, 0.3) is 11.4 Å². The molecule has 3 rings (SSSR count). The molecule has 1 aromatic carbocycles. The van der Waals surface area contributed by atoms with E-state index in [9.17, 15) is 13.2 Å². The molecule has 1 saturated carbocycles. The number of ether oxygens (including phenoxy) is 2. The molecule has 206 valence electrons. The van der Waals surface area contributed by atoms with Gasteiger partial charge in [0.15, 0.2) is 23.1 Å². The summed E-state index contributed by atoms with van der Waals surface area (Å²) in [7, 11) is 0. The number of aromatic nitrogens is 2. The molecule has 1 aromatic heterocycles. The summed E-state index contributed by atoms with van der Waals surface area (Å²) in [6, 6.07) is 2.65. The van der Waals surface area contributed by atoms with Gasteiger partial charge in [0, 0.05) is 0 Å². The Morgan fingerprint density at radius 3 is 2.32 bits per heavy atom. The minimum absolute atomic E-state index is 0.0527. The highest BCUT2D eigenvalue weighted by atomic mass is 19.2. The van der Waals surface area contributed by atoms with E-state index < -0.39 is 17.8 Å². The maximum Gasteiger partial charge on any atom is 0.201 e. The van der Waals surface area contributed by atoms with Crippen LogP contribution < -0.4 is 9.47 Å². The predicted molar refractivity (Wildman–Crippen MR) is 142 cm³/mol. The zero-order valence-corrected chi connectivity index (χ0v) is 22.5. The van der Waals surface area contributed by atoms with Crippen molar-refractivity contribution in [1.29, 1.82) is 0 Å². The molecule has 7 heteroatoms. The van der Waals surface area contributed by atoms with Crippen molar-refractivity contribution in [2.24, 2.45) is 11.8 Å². The topological polar surface area (TPSA) is 44.2 Å². The molecule has 0 spiro atoms. The van der Waals surface area contributed by atoms with E-state index in [0.717, 1.165) is 50.4 Å². The summed E-state index contributed by atoms with van der Waals surface area (Å²) in [5.74, 6) is -0.308. The van der Waals surface area contributed by atoms with Crippen molar-refractivity contribution in [1.82, 2.24) is 9.97 Å². The molecule has 37 heavy (non-hydrogen) atoms. The van der Waals surface area contributed by atoms with Gasteiger partial charge in [0.2, 0.25) is 5.82 Å². The summed E-state index contributed by atoms with van der Waals surface area (Å²) in [4.78, 5) is 8.31. The van der Waals surface area contributed by atoms with Crippen LogP contribution in [0.1, 0.15) is 97.3 Å². The average Bonchev–Trinajstić information content (AvgIpc) is 3.45. The lowest BCUT2D eigenvalue weighted by molar-refractivity contribution is 0.177. The molecule has 2 aromatic rings. The second-order valence-corrected chi connectivity index (χ2v) is 10.3.